The third-order valence-corrected chi connectivity index (χ3v) is 3.82. The van der Waals surface area contributed by atoms with Gasteiger partial charge < -0.3 is 0 Å². The third-order valence-electron chi connectivity index (χ3n) is 2.45. The fraction of sp³-hybridized carbons (Fsp3) is 0.889. The Labute approximate surface area is 82.8 Å². The van der Waals surface area contributed by atoms with Crippen molar-refractivity contribution in [3.05, 3.63) is 0 Å². The molecule has 74 valence electrons. The van der Waals surface area contributed by atoms with Crippen molar-refractivity contribution in [1.29, 1.82) is 0 Å². The van der Waals surface area contributed by atoms with Gasteiger partial charge in [0.1, 0.15) is 0 Å². The molecule has 0 spiro atoms. The van der Waals surface area contributed by atoms with Gasteiger partial charge in [0.25, 0.3) is 5.91 Å². The number of hydrogen-bond donors (Lipinski definition) is 0. The van der Waals surface area contributed by atoms with Gasteiger partial charge in [0.15, 0.2) is 0 Å². The van der Waals surface area contributed by atoms with Crippen LogP contribution in [0, 0.1) is 0 Å². The van der Waals surface area contributed by atoms with Gasteiger partial charge in [0.2, 0.25) is 0 Å². The summed E-state index contributed by atoms with van der Waals surface area (Å²) >= 11 is 1.77. The molecule has 2 saturated heterocycles. The molecular weight excluding hydrogens is 186 g/mol. The minimum atomic E-state index is 0.179. The summed E-state index contributed by atoms with van der Waals surface area (Å²) in [6, 6.07) is 0. The van der Waals surface area contributed by atoms with Crippen LogP contribution >= 0.6 is 11.8 Å². The predicted molar refractivity (Wildman–Crippen MR) is 52.4 cm³/mol. The molecule has 0 aliphatic carbocycles. The van der Waals surface area contributed by atoms with Crippen molar-refractivity contribution in [2.75, 3.05) is 18.9 Å². The molecule has 0 aromatic carbocycles. The van der Waals surface area contributed by atoms with Gasteiger partial charge in [0.05, 0.1) is 11.9 Å². The van der Waals surface area contributed by atoms with E-state index in [1.807, 2.05) is 0 Å². The van der Waals surface area contributed by atoms with Crippen LogP contribution in [0.3, 0.4) is 0 Å². The summed E-state index contributed by atoms with van der Waals surface area (Å²) < 4.78 is 0. The Hall–Kier alpha value is -0.220. The van der Waals surface area contributed by atoms with Crippen molar-refractivity contribution in [2.45, 2.75) is 30.9 Å². The van der Waals surface area contributed by atoms with E-state index in [-0.39, 0.29) is 11.2 Å². The van der Waals surface area contributed by atoms with E-state index in [1.54, 1.807) is 16.8 Å². The molecule has 0 bridgehead atoms. The minimum absolute atomic E-state index is 0.179. The first kappa shape index (κ1) is 9.34. The summed E-state index contributed by atoms with van der Waals surface area (Å²) in [5.74, 6) is 1.33. The van der Waals surface area contributed by atoms with Crippen LogP contribution in [0.4, 0.5) is 0 Å². The van der Waals surface area contributed by atoms with Gasteiger partial charge in [-0.2, -0.15) is 0 Å². The van der Waals surface area contributed by atoms with E-state index >= 15 is 0 Å². The van der Waals surface area contributed by atoms with Crippen molar-refractivity contribution < 1.29 is 9.63 Å². The Kier molecular flexibility index (Phi) is 3.11. The molecule has 1 unspecified atom stereocenters. The van der Waals surface area contributed by atoms with Gasteiger partial charge >= 0.3 is 0 Å². The van der Waals surface area contributed by atoms with Gasteiger partial charge in [-0.1, -0.05) is 0 Å². The van der Waals surface area contributed by atoms with Gasteiger partial charge in [-0.25, -0.2) is 5.06 Å². The fourth-order valence-electron chi connectivity index (χ4n) is 1.70. The highest BCUT2D eigenvalue weighted by Gasteiger charge is 2.29. The summed E-state index contributed by atoms with van der Waals surface area (Å²) in [5.41, 5.74) is 0. The molecule has 1 atom stereocenters. The number of hydrogen-bond acceptors (Lipinski definition) is 3. The van der Waals surface area contributed by atoms with E-state index in [9.17, 15) is 4.79 Å². The zero-order valence-electron chi connectivity index (χ0n) is 7.70. The highest BCUT2D eigenvalue weighted by molar-refractivity contribution is 8.00. The Morgan fingerprint density at radius 1 is 1.38 bits per heavy atom. The van der Waals surface area contributed by atoms with E-state index in [2.05, 4.69) is 0 Å². The van der Waals surface area contributed by atoms with Crippen LogP contribution in [0.5, 0.6) is 0 Å². The highest BCUT2D eigenvalue weighted by Crippen LogP contribution is 2.28. The largest absolute Gasteiger partial charge is 0.271 e. The van der Waals surface area contributed by atoms with Crippen LogP contribution in [-0.4, -0.2) is 35.1 Å². The van der Waals surface area contributed by atoms with E-state index in [0.29, 0.717) is 6.61 Å². The monoisotopic (exact) mass is 201 g/mol. The summed E-state index contributed by atoms with van der Waals surface area (Å²) in [6.07, 6.45) is 4.38. The SMILES string of the molecule is O=C(C1CCCS1)N1CCCCO1. The number of thioether (sulfide) groups is 1. The molecule has 2 aliphatic rings. The quantitative estimate of drug-likeness (QED) is 0.643. The Bertz CT molecular complexity index is 186. The number of carbonyl (C=O) groups excluding carboxylic acids is 1. The van der Waals surface area contributed by atoms with E-state index in [4.69, 9.17) is 4.84 Å². The third kappa shape index (κ3) is 2.17. The van der Waals surface area contributed by atoms with Gasteiger partial charge in [-0.15, -0.1) is 11.8 Å². The molecule has 0 saturated carbocycles. The zero-order chi connectivity index (χ0) is 9.10. The average molecular weight is 201 g/mol. The summed E-state index contributed by atoms with van der Waals surface area (Å²) in [4.78, 5) is 17.1. The highest BCUT2D eigenvalue weighted by atomic mass is 32.2. The molecule has 0 aromatic heterocycles. The summed E-state index contributed by atoms with van der Waals surface area (Å²) in [7, 11) is 0. The number of amides is 1. The first-order valence-electron chi connectivity index (χ1n) is 4.94. The summed E-state index contributed by atoms with van der Waals surface area (Å²) in [6.45, 7) is 1.50. The molecule has 13 heavy (non-hydrogen) atoms. The lowest BCUT2D eigenvalue weighted by molar-refractivity contribution is -0.196. The number of rotatable bonds is 1. The van der Waals surface area contributed by atoms with Crippen molar-refractivity contribution in [1.82, 2.24) is 5.06 Å². The molecule has 2 fully saturated rings. The zero-order valence-corrected chi connectivity index (χ0v) is 8.52. The van der Waals surface area contributed by atoms with Gasteiger partial charge in [0, 0.05) is 6.54 Å². The number of hydroxylamine groups is 2. The molecule has 0 aromatic rings. The molecule has 1 amide bonds. The topological polar surface area (TPSA) is 29.5 Å². The predicted octanol–water partition coefficient (Wildman–Crippen LogP) is 1.44. The Morgan fingerprint density at radius 2 is 2.31 bits per heavy atom. The first-order chi connectivity index (χ1) is 6.38. The lowest BCUT2D eigenvalue weighted by Gasteiger charge is -2.27. The average Bonchev–Trinajstić information content (AvgIpc) is 2.71. The molecular formula is C9H15NO2S. The number of carbonyl (C=O) groups is 1. The van der Waals surface area contributed by atoms with Crippen LogP contribution in [-0.2, 0) is 9.63 Å². The van der Waals surface area contributed by atoms with Crippen LogP contribution in [0.2, 0.25) is 0 Å². The fourth-order valence-corrected chi connectivity index (χ4v) is 2.91. The normalized spacial score (nSPS) is 29.2. The molecule has 0 radical (unpaired) electrons. The second-order valence-corrected chi connectivity index (χ2v) is 4.79. The maximum Gasteiger partial charge on any atom is 0.259 e. The van der Waals surface area contributed by atoms with E-state index in [1.165, 1.54) is 6.42 Å². The standard InChI is InChI=1S/C9H15NO2S/c11-9(8-4-3-7-13-8)10-5-1-2-6-12-10/h8H,1-7H2. The molecule has 3 nitrogen and oxygen atoms in total. The van der Waals surface area contributed by atoms with Crippen LogP contribution in [0.1, 0.15) is 25.7 Å². The smallest absolute Gasteiger partial charge is 0.259 e. The molecule has 4 heteroatoms. The van der Waals surface area contributed by atoms with Gasteiger partial charge in [-0.3, -0.25) is 9.63 Å². The molecule has 0 N–H and O–H groups in total. The summed E-state index contributed by atoms with van der Waals surface area (Å²) in [5, 5.41) is 1.75. The van der Waals surface area contributed by atoms with Crippen molar-refractivity contribution in [2.24, 2.45) is 0 Å². The minimum Gasteiger partial charge on any atom is -0.271 e. The Balaban J connectivity index is 1.87. The van der Waals surface area contributed by atoms with Crippen LogP contribution < -0.4 is 0 Å². The van der Waals surface area contributed by atoms with Crippen LogP contribution in [0.25, 0.3) is 0 Å². The molecule has 2 aliphatic heterocycles. The van der Waals surface area contributed by atoms with Crippen molar-refractivity contribution >= 4 is 17.7 Å². The lowest BCUT2D eigenvalue weighted by atomic mass is 10.2. The first-order valence-corrected chi connectivity index (χ1v) is 5.99. The molecule has 2 rings (SSSR count). The van der Waals surface area contributed by atoms with Crippen molar-refractivity contribution in [3.8, 4) is 0 Å². The second-order valence-electron chi connectivity index (χ2n) is 3.48. The van der Waals surface area contributed by atoms with Crippen LogP contribution in [0.15, 0.2) is 0 Å². The second kappa shape index (κ2) is 4.33. The maximum absolute atomic E-state index is 11.8. The van der Waals surface area contributed by atoms with Gasteiger partial charge in [-0.05, 0) is 31.4 Å². The molecule has 2 heterocycles. The van der Waals surface area contributed by atoms with Crippen molar-refractivity contribution in [3.63, 3.8) is 0 Å². The van der Waals surface area contributed by atoms with E-state index in [0.717, 1.165) is 31.6 Å². The number of nitrogens with zero attached hydrogens (tertiary/aromatic N) is 1. The van der Waals surface area contributed by atoms with E-state index < -0.39 is 0 Å². The Morgan fingerprint density at radius 3 is 2.92 bits per heavy atom. The maximum atomic E-state index is 11.8. The lowest BCUT2D eigenvalue weighted by Crippen LogP contribution is -2.40.